The number of hydrogen-bond acceptors (Lipinski definition) is 6. The molecular formula is C27H27N7O2. The Morgan fingerprint density at radius 2 is 2.08 bits per heavy atom. The number of hydrogen-bond donors (Lipinski definition) is 2. The molecule has 1 aromatic carbocycles. The van der Waals surface area contributed by atoms with Gasteiger partial charge in [0.2, 0.25) is 5.88 Å². The number of ether oxygens (including phenoxy) is 1. The van der Waals surface area contributed by atoms with Crippen LogP contribution in [0.5, 0.6) is 5.88 Å². The molecule has 0 spiro atoms. The Kier molecular flexibility index (Phi) is 5.82. The van der Waals surface area contributed by atoms with Gasteiger partial charge in [0, 0.05) is 24.2 Å². The third-order valence-corrected chi connectivity index (χ3v) is 6.48. The molecule has 182 valence electrons. The first kappa shape index (κ1) is 22.2. The zero-order valence-corrected chi connectivity index (χ0v) is 20.0. The van der Waals surface area contributed by atoms with Crippen molar-refractivity contribution in [2.75, 3.05) is 18.4 Å². The Labute approximate surface area is 208 Å². The van der Waals surface area contributed by atoms with E-state index >= 15 is 0 Å². The third-order valence-electron chi connectivity index (χ3n) is 6.48. The molecule has 9 nitrogen and oxygen atoms in total. The summed E-state index contributed by atoms with van der Waals surface area (Å²) < 4.78 is 9.76. The summed E-state index contributed by atoms with van der Waals surface area (Å²) in [4.78, 5) is 22.2. The molecule has 1 fully saturated rings. The number of nitrogens with one attached hydrogen (secondary N) is 2. The normalized spacial score (nSPS) is 15.5. The maximum atomic E-state index is 13.2. The molecule has 1 aliphatic rings. The summed E-state index contributed by atoms with van der Waals surface area (Å²) in [5.74, 6) is 0.415. The van der Waals surface area contributed by atoms with Crippen molar-refractivity contribution in [3.05, 3.63) is 84.1 Å². The van der Waals surface area contributed by atoms with Gasteiger partial charge in [0.15, 0.2) is 0 Å². The third kappa shape index (κ3) is 4.18. The summed E-state index contributed by atoms with van der Waals surface area (Å²) in [6.07, 6.45) is 5.30. The van der Waals surface area contributed by atoms with Crippen molar-refractivity contribution in [2.45, 2.75) is 32.4 Å². The van der Waals surface area contributed by atoms with Crippen LogP contribution in [-0.4, -0.2) is 49.2 Å². The first-order valence-corrected chi connectivity index (χ1v) is 12.2. The summed E-state index contributed by atoms with van der Waals surface area (Å²) in [6, 6.07) is 17.4. The Morgan fingerprint density at radius 1 is 1.17 bits per heavy atom. The van der Waals surface area contributed by atoms with Gasteiger partial charge in [0.05, 0.1) is 35.3 Å². The van der Waals surface area contributed by atoms with Crippen LogP contribution in [0.1, 0.15) is 35.2 Å². The van der Waals surface area contributed by atoms with Gasteiger partial charge in [0.1, 0.15) is 17.4 Å². The van der Waals surface area contributed by atoms with E-state index in [1.54, 1.807) is 10.6 Å². The molecule has 6 rings (SSSR count). The molecule has 2 N–H and O–H groups in total. The Bertz CT molecular complexity index is 1550. The van der Waals surface area contributed by atoms with Crippen LogP contribution >= 0.6 is 0 Å². The van der Waals surface area contributed by atoms with E-state index in [1.165, 1.54) is 0 Å². The minimum absolute atomic E-state index is 0.157. The second-order valence-electron chi connectivity index (χ2n) is 8.88. The summed E-state index contributed by atoms with van der Waals surface area (Å²) in [7, 11) is 0. The van der Waals surface area contributed by atoms with Crippen LogP contribution in [0.4, 0.5) is 5.69 Å². The van der Waals surface area contributed by atoms with Crippen molar-refractivity contribution in [3.63, 3.8) is 0 Å². The topological polar surface area (TPSA) is 98.4 Å². The molecule has 1 aliphatic heterocycles. The number of imidazole rings is 1. The molecular weight excluding hydrogens is 454 g/mol. The monoisotopic (exact) mass is 481 g/mol. The number of aryl methyl sites for hydroxylation is 1. The van der Waals surface area contributed by atoms with Crippen LogP contribution in [0.15, 0.2) is 67.0 Å². The number of nitrogens with zero attached hydrogens (tertiary/aromatic N) is 5. The van der Waals surface area contributed by atoms with E-state index < -0.39 is 0 Å². The average molecular weight is 482 g/mol. The number of anilines is 1. The zero-order chi connectivity index (χ0) is 24.5. The van der Waals surface area contributed by atoms with Gasteiger partial charge in [-0.2, -0.15) is 5.10 Å². The van der Waals surface area contributed by atoms with Crippen LogP contribution in [-0.2, 0) is 13.0 Å². The molecule has 0 unspecified atom stereocenters. The van der Waals surface area contributed by atoms with E-state index in [0.717, 1.165) is 59.6 Å². The molecule has 0 saturated carbocycles. The molecule has 5 aromatic rings. The minimum atomic E-state index is -0.219. The summed E-state index contributed by atoms with van der Waals surface area (Å²) in [5, 5.41) is 12.2. The van der Waals surface area contributed by atoms with Crippen LogP contribution < -0.4 is 15.4 Å². The maximum Gasteiger partial charge on any atom is 0.274 e. The van der Waals surface area contributed by atoms with Gasteiger partial charge < -0.3 is 15.4 Å². The molecule has 5 heterocycles. The SMILES string of the molecule is CCc1nn(Cc2cccc(O[C@H]3CCNC3)n2)c2cccc(NC(=O)c3cnc4ccccn34)c12. The van der Waals surface area contributed by atoms with E-state index in [2.05, 4.69) is 22.5 Å². The van der Waals surface area contributed by atoms with E-state index in [-0.39, 0.29) is 12.0 Å². The van der Waals surface area contributed by atoms with Crippen molar-refractivity contribution >= 4 is 28.1 Å². The Morgan fingerprint density at radius 3 is 2.94 bits per heavy atom. The summed E-state index contributed by atoms with van der Waals surface area (Å²) >= 11 is 0. The van der Waals surface area contributed by atoms with Gasteiger partial charge in [0.25, 0.3) is 5.91 Å². The minimum Gasteiger partial charge on any atom is -0.473 e. The second-order valence-corrected chi connectivity index (χ2v) is 8.88. The fourth-order valence-corrected chi connectivity index (χ4v) is 4.73. The van der Waals surface area contributed by atoms with Crippen molar-refractivity contribution in [2.24, 2.45) is 0 Å². The summed E-state index contributed by atoms with van der Waals surface area (Å²) in [6.45, 7) is 4.39. The number of fused-ring (bicyclic) bond motifs is 2. The number of pyridine rings is 2. The fourth-order valence-electron chi connectivity index (χ4n) is 4.73. The fraction of sp³-hybridized carbons (Fsp3) is 0.259. The zero-order valence-electron chi connectivity index (χ0n) is 20.0. The Hall–Kier alpha value is -4.24. The highest BCUT2D eigenvalue weighted by Crippen LogP contribution is 2.29. The molecule has 1 amide bonds. The summed E-state index contributed by atoms with van der Waals surface area (Å²) in [5.41, 5.74) is 4.66. The second kappa shape index (κ2) is 9.43. The van der Waals surface area contributed by atoms with Crippen molar-refractivity contribution in [1.82, 2.24) is 29.5 Å². The lowest BCUT2D eigenvalue weighted by molar-refractivity contribution is 0.102. The number of rotatable bonds is 7. The molecule has 36 heavy (non-hydrogen) atoms. The van der Waals surface area contributed by atoms with Crippen LogP contribution in [0.25, 0.3) is 16.6 Å². The molecule has 9 heteroatoms. The number of amides is 1. The van der Waals surface area contributed by atoms with Gasteiger partial charge in [-0.05, 0) is 49.7 Å². The molecule has 0 radical (unpaired) electrons. The highest BCUT2D eigenvalue weighted by atomic mass is 16.5. The number of carbonyl (C=O) groups excluding carboxylic acids is 1. The van der Waals surface area contributed by atoms with E-state index in [9.17, 15) is 4.79 Å². The number of benzene rings is 1. The van der Waals surface area contributed by atoms with Crippen LogP contribution in [0, 0.1) is 0 Å². The predicted octanol–water partition coefficient (Wildman–Crippen LogP) is 3.68. The molecule has 0 aliphatic carbocycles. The highest BCUT2D eigenvalue weighted by Gasteiger charge is 2.19. The first-order chi connectivity index (χ1) is 17.7. The molecule has 1 saturated heterocycles. The van der Waals surface area contributed by atoms with Gasteiger partial charge in [-0.15, -0.1) is 0 Å². The van der Waals surface area contributed by atoms with Crippen molar-refractivity contribution in [3.8, 4) is 5.88 Å². The van der Waals surface area contributed by atoms with Gasteiger partial charge in [-0.25, -0.2) is 9.97 Å². The van der Waals surface area contributed by atoms with E-state index in [0.29, 0.717) is 18.1 Å². The smallest absolute Gasteiger partial charge is 0.274 e. The van der Waals surface area contributed by atoms with Gasteiger partial charge >= 0.3 is 0 Å². The van der Waals surface area contributed by atoms with Crippen molar-refractivity contribution in [1.29, 1.82) is 0 Å². The Balaban J connectivity index is 1.29. The largest absolute Gasteiger partial charge is 0.473 e. The average Bonchev–Trinajstić information content (AvgIpc) is 3.64. The van der Waals surface area contributed by atoms with Crippen molar-refractivity contribution < 1.29 is 9.53 Å². The number of aromatic nitrogens is 5. The standard InChI is InChI=1S/C27H27N7O2/c1-2-20-26-21(31-27(35)23-16-29-24-10-3-4-14-33(23)24)8-6-9-22(26)34(32-20)17-18-7-5-11-25(30-18)36-19-12-13-28-15-19/h3-11,14,16,19,28H,2,12-13,15,17H2,1H3,(H,31,35)/t19-/m0/s1. The lowest BCUT2D eigenvalue weighted by Crippen LogP contribution is -2.20. The first-order valence-electron chi connectivity index (χ1n) is 12.2. The van der Waals surface area contributed by atoms with E-state index in [4.69, 9.17) is 14.8 Å². The lowest BCUT2D eigenvalue weighted by Gasteiger charge is -2.12. The quantitative estimate of drug-likeness (QED) is 0.368. The number of carbonyl (C=O) groups is 1. The predicted molar refractivity (Wildman–Crippen MR) is 137 cm³/mol. The van der Waals surface area contributed by atoms with Crippen LogP contribution in [0.2, 0.25) is 0 Å². The molecule has 1 atom stereocenters. The lowest BCUT2D eigenvalue weighted by atomic mass is 10.1. The van der Waals surface area contributed by atoms with Gasteiger partial charge in [-0.1, -0.05) is 25.1 Å². The molecule has 4 aromatic heterocycles. The highest BCUT2D eigenvalue weighted by molar-refractivity contribution is 6.08. The van der Waals surface area contributed by atoms with E-state index in [1.807, 2.05) is 65.5 Å². The van der Waals surface area contributed by atoms with Crippen LogP contribution in [0.3, 0.4) is 0 Å². The maximum absolute atomic E-state index is 13.2. The molecule has 0 bridgehead atoms. The van der Waals surface area contributed by atoms with Gasteiger partial charge in [-0.3, -0.25) is 13.9 Å².